The molecule has 0 aliphatic heterocycles. The first-order chi connectivity index (χ1) is 14.7. The molecule has 0 aliphatic carbocycles. The highest BCUT2D eigenvalue weighted by atomic mass is 19.4. The summed E-state index contributed by atoms with van der Waals surface area (Å²) in [5.41, 5.74) is 3.72. The van der Waals surface area contributed by atoms with Gasteiger partial charge in [-0.1, -0.05) is 30.6 Å². The number of amides is 1. The molecule has 160 valence electrons. The number of carbonyl (C=O) groups excluding carboxylic acids is 1. The molecule has 0 saturated carbocycles. The van der Waals surface area contributed by atoms with Gasteiger partial charge in [-0.05, 0) is 35.4 Å². The van der Waals surface area contributed by atoms with Crippen LogP contribution < -0.4 is 10.1 Å². The quantitative estimate of drug-likeness (QED) is 0.482. The number of imidazole rings is 1. The van der Waals surface area contributed by atoms with E-state index in [0.717, 1.165) is 6.08 Å². The number of halogens is 3. The Labute approximate surface area is 176 Å². The number of hydrogen-bond acceptors (Lipinski definition) is 4. The lowest BCUT2D eigenvalue weighted by Crippen LogP contribution is -2.20. The Morgan fingerprint density at radius 2 is 2.06 bits per heavy atom. The second-order valence-corrected chi connectivity index (χ2v) is 6.46. The highest BCUT2D eigenvalue weighted by Gasteiger charge is 2.31. The van der Waals surface area contributed by atoms with Crippen LogP contribution in [0.2, 0.25) is 0 Å². The molecule has 1 heterocycles. The lowest BCUT2D eigenvalue weighted by Gasteiger charge is -2.13. The summed E-state index contributed by atoms with van der Waals surface area (Å²) in [5.74, 6) is 4.81. The Hall–Kier alpha value is -3.77. The van der Waals surface area contributed by atoms with E-state index >= 15 is 0 Å². The predicted octanol–water partition coefficient (Wildman–Crippen LogP) is 3.28. The number of aromatic nitrogens is 2. The molecule has 9 heteroatoms. The third kappa shape index (κ3) is 5.05. The van der Waals surface area contributed by atoms with Crippen LogP contribution in [0.3, 0.4) is 0 Å². The second kappa shape index (κ2) is 8.93. The van der Waals surface area contributed by atoms with Gasteiger partial charge in [0.05, 0.1) is 22.9 Å². The number of aryl methyl sites for hydroxylation is 1. The van der Waals surface area contributed by atoms with E-state index in [2.05, 4.69) is 33.5 Å². The molecule has 0 atom stereocenters. The monoisotopic (exact) mass is 429 g/mol. The maximum absolute atomic E-state index is 12.4. The number of aliphatic hydroxyl groups is 1. The number of carbonyl (C=O) groups is 1. The van der Waals surface area contributed by atoms with Crippen LogP contribution in [0.1, 0.15) is 11.1 Å². The van der Waals surface area contributed by atoms with E-state index in [1.54, 1.807) is 24.0 Å². The Balaban J connectivity index is 2.15. The number of nitrogens with zero attached hydrogens (tertiary/aromatic N) is 2. The molecule has 6 nitrogen and oxygen atoms in total. The number of ether oxygens (including phenoxy) is 1. The summed E-state index contributed by atoms with van der Waals surface area (Å²) in [5, 5.41) is 11.8. The van der Waals surface area contributed by atoms with Gasteiger partial charge in [-0.2, -0.15) is 0 Å². The zero-order chi connectivity index (χ0) is 22.6. The van der Waals surface area contributed by atoms with Gasteiger partial charge in [-0.25, -0.2) is 4.98 Å². The number of aliphatic hydroxyl groups excluding tert-OH is 1. The summed E-state index contributed by atoms with van der Waals surface area (Å²) in [7, 11) is 1.77. The molecule has 2 N–H and O–H groups in total. The molecule has 3 aromatic rings. The van der Waals surface area contributed by atoms with Crippen LogP contribution in [0, 0.1) is 11.8 Å². The van der Waals surface area contributed by atoms with Crippen molar-refractivity contribution in [3.63, 3.8) is 0 Å². The molecule has 0 spiro atoms. The predicted molar refractivity (Wildman–Crippen MR) is 109 cm³/mol. The van der Waals surface area contributed by atoms with Crippen LogP contribution in [0.15, 0.2) is 49.3 Å². The highest BCUT2D eigenvalue weighted by Crippen LogP contribution is 2.34. The Kier molecular flexibility index (Phi) is 6.32. The van der Waals surface area contributed by atoms with E-state index in [0.29, 0.717) is 33.3 Å². The minimum atomic E-state index is -4.78. The summed E-state index contributed by atoms with van der Waals surface area (Å²) in [6.07, 6.45) is -2.05. The van der Waals surface area contributed by atoms with Crippen molar-refractivity contribution in [2.75, 3.05) is 6.61 Å². The van der Waals surface area contributed by atoms with Crippen molar-refractivity contribution in [2.45, 2.75) is 12.9 Å². The molecule has 0 saturated heterocycles. The van der Waals surface area contributed by atoms with Gasteiger partial charge >= 0.3 is 6.36 Å². The zero-order valence-corrected chi connectivity index (χ0v) is 16.5. The molecule has 0 aliphatic rings. The zero-order valence-electron chi connectivity index (χ0n) is 16.5. The number of hydrogen-bond donors (Lipinski definition) is 2. The Bertz CT molecular complexity index is 1190. The molecule has 0 radical (unpaired) electrons. The van der Waals surface area contributed by atoms with Gasteiger partial charge in [0.2, 0.25) is 5.91 Å². The third-order valence-corrected chi connectivity index (χ3v) is 4.40. The molecule has 2 aromatic carbocycles. The molecule has 3 rings (SSSR count). The topological polar surface area (TPSA) is 76.4 Å². The van der Waals surface area contributed by atoms with Gasteiger partial charge in [0.1, 0.15) is 12.4 Å². The molecule has 0 fully saturated rings. The normalized spacial score (nSPS) is 11.0. The molecular weight excluding hydrogens is 411 g/mol. The van der Waals surface area contributed by atoms with Crippen molar-refractivity contribution in [2.24, 2.45) is 7.05 Å². The first-order valence-electron chi connectivity index (χ1n) is 9.06. The SMILES string of the molecule is C=CC(=O)NCc1cc(-c2ccc(OC(F)(F)F)cc2)c2ncn(C)c2c1C#CCO. The standard InChI is InChI=1S/C22H18F3N3O3/c1-3-19(30)26-12-15-11-18(14-6-8-16(9-7-14)31-22(23,24)25)20-21(28(2)13-27-20)17(15)5-4-10-29/h3,6-9,11,13,29H,1,10,12H2,2H3,(H,26,30). The van der Waals surface area contributed by atoms with Gasteiger partial charge in [0.25, 0.3) is 0 Å². The van der Waals surface area contributed by atoms with Crippen LogP contribution in [0.4, 0.5) is 13.2 Å². The minimum absolute atomic E-state index is 0.129. The largest absolute Gasteiger partial charge is 0.573 e. The maximum Gasteiger partial charge on any atom is 0.573 e. The number of rotatable bonds is 5. The average Bonchev–Trinajstić information content (AvgIpc) is 3.11. The van der Waals surface area contributed by atoms with Gasteiger partial charge in [0, 0.05) is 19.2 Å². The fraction of sp³-hybridized carbons (Fsp3) is 0.182. The number of alkyl halides is 3. The van der Waals surface area contributed by atoms with Crippen LogP contribution in [0.25, 0.3) is 22.2 Å². The molecule has 1 amide bonds. The van der Waals surface area contributed by atoms with E-state index < -0.39 is 6.36 Å². The van der Waals surface area contributed by atoms with Crippen molar-refractivity contribution in [3.8, 4) is 28.7 Å². The number of benzene rings is 2. The summed E-state index contributed by atoms with van der Waals surface area (Å²) in [4.78, 5) is 16.1. The van der Waals surface area contributed by atoms with Crippen molar-refractivity contribution >= 4 is 16.9 Å². The van der Waals surface area contributed by atoms with Gasteiger partial charge < -0.3 is 19.7 Å². The third-order valence-electron chi connectivity index (χ3n) is 4.40. The van der Waals surface area contributed by atoms with Crippen LogP contribution >= 0.6 is 0 Å². The second-order valence-electron chi connectivity index (χ2n) is 6.46. The van der Waals surface area contributed by atoms with Crippen LogP contribution in [0.5, 0.6) is 5.75 Å². The first-order valence-corrected chi connectivity index (χ1v) is 9.06. The van der Waals surface area contributed by atoms with Gasteiger partial charge in [-0.15, -0.1) is 13.2 Å². The number of fused-ring (bicyclic) bond motifs is 1. The van der Waals surface area contributed by atoms with Crippen molar-refractivity contribution in [1.29, 1.82) is 0 Å². The molecule has 0 bridgehead atoms. The smallest absolute Gasteiger partial charge is 0.406 e. The van der Waals surface area contributed by atoms with Gasteiger partial charge in [0.15, 0.2) is 0 Å². The van der Waals surface area contributed by atoms with Gasteiger partial charge in [-0.3, -0.25) is 4.79 Å². The number of nitrogens with one attached hydrogen (secondary N) is 1. The molecule has 31 heavy (non-hydrogen) atoms. The van der Waals surface area contributed by atoms with E-state index in [-0.39, 0.29) is 24.8 Å². The van der Waals surface area contributed by atoms with E-state index in [4.69, 9.17) is 5.11 Å². The molecule has 1 aromatic heterocycles. The maximum atomic E-state index is 12.4. The summed E-state index contributed by atoms with van der Waals surface area (Å²) >= 11 is 0. The first kappa shape index (κ1) is 21.9. The molecular formula is C22H18F3N3O3. The summed E-state index contributed by atoms with van der Waals surface area (Å²) in [6, 6.07) is 7.19. The lowest BCUT2D eigenvalue weighted by molar-refractivity contribution is -0.274. The fourth-order valence-corrected chi connectivity index (χ4v) is 3.11. The highest BCUT2D eigenvalue weighted by molar-refractivity contribution is 5.97. The lowest BCUT2D eigenvalue weighted by atomic mass is 9.96. The fourth-order valence-electron chi connectivity index (χ4n) is 3.11. The van der Waals surface area contributed by atoms with Crippen molar-refractivity contribution in [3.05, 3.63) is 60.4 Å². The Morgan fingerprint density at radius 1 is 1.35 bits per heavy atom. The Morgan fingerprint density at radius 3 is 2.68 bits per heavy atom. The van der Waals surface area contributed by atoms with Crippen LogP contribution in [-0.4, -0.2) is 33.5 Å². The van der Waals surface area contributed by atoms with Crippen molar-refractivity contribution in [1.82, 2.24) is 14.9 Å². The van der Waals surface area contributed by atoms with Crippen molar-refractivity contribution < 1.29 is 27.8 Å². The van der Waals surface area contributed by atoms with E-state index in [1.165, 1.54) is 24.3 Å². The van der Waals surface area contributed by atoms with E-state index in [9.17, 15) is 18.0 Å². The molecule has 0 unspecified atom stereocenters. The summed E-state index contributed by atoms with van der Waals surface area (Å²) < 4.78 is 43.0. The van der Waals surface area contributed by atoms with Crippen LogP contribution in [-0.2, 0) is 18.4 Å². The minimum Gasteiger partial charge on any atom is -0.406 e. The summed E-state index contributed by atoms with van der Waals surface area (Å²) in [6.45, 7) is 3.20. The van der Waals surface area contributed by atoms with E-state index in [1.807, 2.05) is 0 Å². The average molecular weight is 429 g/mol.